The maximum absolute atomic E-state index is 4.57. The minimum Gasteiger partial charge on any atom is -0.275 e. The first-order valence-electron chi connectivity index (χ1n) is 4.76. The van der Waals surface area contributed by atoms with Crippen LogP contribution in [0.4, 0.5) is 0 Å². The summed E-state index contributed by atoms with van der Waals surface area (Å²) >= 11 is 1.67. The van der Waals surface area contributed by atoms with Crippen LogP contribution in [0.2, 0.25) is 0 Å². The molecular weight excluding hydrogens is 194 g/mol. The zero-order valence-electron chi connectivity index (χ0n) is 8.32. The standard InChI is InChI=1S/C10H13N3S/c1-3-7(2)9-6-14-10(12-9)8-4-5-11-13-8/h4-7H,3H2,1-2H3,(H,11,13). The van der Waals surface area contributed by atoms with E-state index >= 15 is 0 Å². The van der Waals surface area contributed by atoms with E-state index in [1.807, 2.05) is 6.07 Å². The average Bonchev–Trinajstić information content (AvgIpc) is 2.86. The van der Waals surface area contributed by atoms with E-state index in [-0.39, 0.29) is 0 Å². The molecule has 3 nitrogen and oxygen atoms in total. The molecule has 0 amide bonds. The van der Waals surface area contributed by atoms with Gasteiger partial charge in [0.2, 0.25) is 0 Å². The molecule has 1 N–H and O–H groups in total. The number of H-pyrrole nitrogens is 1. The van der Waals surface area contributed by atoms with Crippen molar-refractivity contribution >= 4 is 11.3 Å². The van der Waals surface area contributed by atoms with Gasteiger partial charge < -0.3 is 0 Å². The largest absolute Gasteiger partial charge is 0.275 e. The Balaban J connectivity index is 2.26. The van der Waals surface area contributed by atoms with Crippen LogP contribution in [0.3, 0.4) is 0 Å². The fourth-order valence-electron chi connectivity index (χ4n) is 1.22. The molecule has 2 rings (SSSR count). The monoisotopic (exact) mass is 207 g/mol. The zero-order chi connectivity index (χ0) is 9.97. The van der Waals surface area contributed by atoms with Crippen LogP contribution in [-0.2, 0) is 0 Å². The van der Waals surface area contributed by atoms with Crippen molar-refractivity contribution in [2.24, 2.45) is 0 Å². The Bertz CT molecular complexity index is 391. The highest BCUT2D eigenvalue weighted by molar-refractivity contribution is 7.13. The lowest BCUT2D eigenvalue weighted by atomic mass is 10.1. The van der Waals surface area contributed by atoms with Gasteiger partial charge in [-0.05, 0) is 18.4 Å². The maximum Gasteiger partial charge on any atom is 0.141 e. The summed E-state index contributed by atoms with van der Waals surface area (Å²) in [5, 5.41) is 9.99. The number of aromatic amines is 1. The molecule has 0 saturated heterocycles. The highest BCUT2D eigenvalue weighted by Gasteiger charge is 2.09. The van der Waals surface area contributed by atoms with Crippen molar-refractivity contribution in [3.63, 3.8) is 0 Å². The summed E-state index contributed by atoms with van der Waals surface area (Å²) in [6.07, 6.45) is 2.88. The van der Waals surface area contributed by atoms with Gasteiger partial charge in [-0.15, -0.1) is 11.3 Å². The summed E-state index contributed by atoms with van der Waals surface area (Å²) in [7, 11) is 0. The summed E-state index contributed by atoms with van der Waals surface area (Å²) < 4.78 is 0. The predicted molar refractivity (Wildman–Crippen MR) is 58.4 cm³/mol. The first-order chi connectivity index (χ1) is 6.81. The molecule has 1 atom stereocenters. The van der Waals surface area contributed by atoms with Crippen molar-refractivity contribution in [3.05, 3.63) is 23.3 Å². The summed E-state index contributed by atoms with van der Waals surface area (Å²) in [5.74, 6) is 0.544. The van der Waals surface area contributed by atoms with E-state index < -0.39 is 0 Å². The van der Waals surface area contributed by atoms with Gasteiger partial charge in [0.1, 0.15) is 5.01 Å². The van der Waals surface area contributed by atoms with Crippen molar-refractivity contribution in [3.8, 4) is 10.7 Å². The van der Waals surface area contributed by atoms with Crippen LogP contribution in [0.25, 0.3) is 10.7 Å². The van der Waals surface area contributed by atoms with E-state index in [9.17, 15) is 0 Å². The van der Waals surface area contributed by atoms with Crippen LogP contribution >= 0.6 is 11.3 Å². The molecule has 0 saturated carbocycles. The second kappa shape index (κ2) is 3.92. The van der Waals surface area contributed by atoms with Crippen molar-refractivity contribution in [2.75, 3.05) is 0 Å². The Morgan fingerprint density at radius 3 is 3.07 bits per heavy atom. The van der Waals surface area contributed by atoms with Crippen LogP contribution in [0.5, 0.6) is 0 Å². The van der Waals surface area contributed by atoms with E-state index in [2.05, 4.69) is 34.4 Å². The number of rotatable bonds is 3. The molecule has 0 aliphatic carbocycles. The third-order valence-electron chi connectivity index (χ3n) is 2.37. The van der Waals surface area contributed by atoms with Crippen molar-refractivity contribution in [1.82, 2.24) is 15.2 Å². The van der Waals surface area contributed by atoms with E-state index in [0.29, 0.717) is 5.92 Å². The van der Waals surface area contributed by atoms with Crippen molar-refractivity contribution < 1.29 is 0 Å². The minimum atomic E-state index is 0.544. The molecule has 14 heavy (non-hydrogen) atoms. The number of hydrogen-bond acceptors (Lipinski definition) is 3. The molecule has 2 aromatic rings. The number of aromatic nitrogens is 3. The van der Waals surface area contributed by atoms with Gasteiger partial charge >= 0.3 is 0 Å². The first kappa shape index (κ1) is 9.40. The molecule has 4 heteroatoms. The fourth-order valence-corrected chi connectivity index (χ4v) is 2.14. The summed E-state index contributed by atoms with van der Waals surface area (Å²) in [4.78, 5) is 4.57. The highest BCUT2D eigenvalue weighted by atomic mass is 32.1. The summed E-state index contributed by atoms with van der Waals surface area (Å²) in [5.41, 5.74) is 2.19. The van der Waals surface area contributed by atoms with Gasteiger partial charge in [0, 0.05) is 11.6 Å². The first-order valence-corrected chi connectivity index (χ1v) is 5.64. The van der Waals surface area contributed by atoms with Gasteiger partial charge in [-0.25, -0.2) is 4.98 Å². The van der Waals surface area contributed by atoms with E-state index in [0.717, 1.165) is 17.1 Å². The zero-order valence-corrected chi connectivity index (χ0v) is 9.14. The van der Waals surface area contributed by atoms with Crippen LogP contribution in [-0.4, -0.2) is 15.2 Å². The second-order valence-corrected chi connectivity index (χ2v) is 4.22. The molecular formula is C10H13N3S. The molecule has 0 fully saturated rings. The Morgan fingerprint density at radius 1 is 1.57 bits per heavy atom. The average molecular weight is 207 g/mol. The molecule has 0 radical (unpaired) electrons. The van der Waals surface area contributed by atoms with Crippen molar-refractivity contribution in [1.29, 1.82) is 0 Å². The molecule has 0 aliphatic rings. The van der Waals surface area contributed by atoms with Gasteiger partial charge in [-0.1, -0.05) is 13.8 Å². The minimum absolute atomic E-state index is 0.544. The van der Waals surface area contributed by atoms with E-state index in [4.69, 9.17) is 0 Å². The Morgan fingerprint density at radius 2 is 2.43 bits per heavy atom. The van der Waals surface area contributed by atoms with Crippen LogP contribution in [0.15, 0.2) is 17.6 Å². The lowest BCUT2D eigenvalue weighted by Gasteiger charge is -2.01. The molecule has 1 unspecified atom stereocenters. The van der Waals surface area contributed by atoms with Crippen LogP contribution in [0, 0.1) is 0 Å². The highest BCUT2D eigenvalue weighted by Crippen LogP contribution is 2.26. The summed E-state index contributed by atoms with van der Waals surface area (Å²) in [6.45, 7) is 4.38. The van der Waals surface area contributed by atoms with E-state index in [1.165, 1.54) is 5.69 Å². The van der Waals surface area contributed by atoms with Gasteiger partial charge in [-0.2, -0.15) is 5.10 Å². The second-order valence-electron chi connectivity index (χ2n) is 3.36. The third kappa shape index (κ3) is 1.70. The molecule has 0 spiro atoms. The van der Waals surface area contributed by atoms with E-state index in [1.54, 1.807) is 17.5 Å². The number of thiazole rings is 1. The lowest BCUT2D eigenvalue weighted by molar-refractivity contribution is 0.714. The Labute approximate surface area is 87.2 Å². The normalized spacial score (nSPS) is 13.0. The lowest BCUT2D eigenvalue weighted by Crippen LogP contribution is -1.90. The quantitative estimate of drug-likeness (QED) is 0.840. The van der Waals surface area contributed by atoms with Gasteiger partial charge in [-0.3, -0.25) is 5.10 Å². The van der Waals surface area contributed by atoms with Gasteiger partial charge in [0.15, 0.2) is 0 Å². The van der Waals surface area contributed by atoms with Crippen LogP contribution < -0.4 is 0 Å². The molecule has 0 bridgehead atoms. The third-order valence-corrected chi connectivity index (χ3v) is 3.26. The fraction of sp³-hybridized carbons (Fsp3) is 0.400. The molecule has 0 aliphatic heterocycles. The predicted octanol–water partition coefficient (Wildman–Crippen LogP) is 3.05. The topological polar surface area (TPSA) is 41.6 Å². The van der Waals surface area contributed by atoms with Crippen LogP contribution in [0.1, 0.15) is 31.9 Å². The smallest absolute Gasteiger partial charge is 0.141 e. The molecule has 2 heterocycles. The SMILES string of the molecule is CCC(C)c1csc(-c2ccn[nH]2)n1. The molecule has 2 aromatic heterocycles. The molecule has 74 valence electrons. The Kier molecular flexibility index (Phi) is 2.63. The summed E-state index contributed by atoms with van der Waals surface area (Å²) in [6, 6.07) is 1.94. The number of hydrogen-bond donors (Lipinski definition) is 1. The van der Waals surface area contributed by atoms with Gasteiger partial charge in [0.25, 0.3) is 0 Å². The maximum atomic E-state index is 4.57. The van der Waals surface area contributed by atoms with Crippen molar-refractivity contribution in [2.45, 2.75) is 26.2 Å². The number of nitrogens with zero attached hydrogens (tertiary/aromatic N) is 2. The Hall–Kier alpha value is -1.16. The number of nitrogens with one attached hydrogen (secondary N) is 1. The van der Waals surface area contributed by atoms with Gasteiger partial charge in [0.05, 0.1) is 11.4 Å². The molecule has 0 aromatic carbocycles.